The fourth-order valence-electron chi connectivity index (χ4n) is 1.42. The molecule has 2 nitrogen and oxygen atoms in total. The highest BCUT2D eigenvalue weighted by atomic mass is 28.3. The lowest BCUT2D eigenvalue weighted by atomic mass is 10.2. The van der Waals surface area contributed by atoms with Crippen LogP contribution < -0.4 is 10.9 Å². The molecule has 0 heterocycles. The minimum absolute atomic E-state index is 0.294. The van der Waals surface area contributed by atoms with E-state index < -0.39 is 8.07 Å². The van der Waals surface area contributed by atoms with E-state index in [9.17, 15) is 4.79 Å². The van der Waals surface area contributed by atoms with Gasteiger partial charge in [-0.2, -0.15) is 0 Å². The standard InChI is InChI=1S/C13H19NOSi/c1-16(2,3)12-8-4-6-11(10-12)7-5-9-13(14)15/h4-8,10H,9H2,1-3H3,(H2,14,15). The number of primary amides is 1. The summed E-state index contributed by atoms with van der Waals surface area (Å²) in [5, 5.41) is 1.42. The Balaban J connectivity index is 2.83. The van der Waals surface area contributed by atoms with Gasteiger partial charge in [-0.3, -0.25) is 4.79 Å². The third-order valence-electron chi connectivity index (χ3n) is 2.38. The zero-order valence-corrected chi connectivity index (χ0v) is 11.2. The van der Waals surface area contributed by atoms with E-state index in [-0.39, 0.29) is 5.91 Å². The van der Waals surface area contributed by atoms with Crippen molar-refractivity contribution >= 4 is 25.2 Å². The van der Waals surface area contributed by atoms with Gasteiger partial charge in [0.15, 0.2) is 0 Å². The van der Waals surface area contributed by atoms with Gasteiger partial charge in [0.05, 0.1) is 8.07 Å². The first-order valence-corrected chi connectivity index (χ1v) is 8.95. The Morgan fingerprint density at radius 2 is 2.06 bits per heavy atom. The lowest BCUT2D eigenvalue weighted by molar-refractivity contribution is -0.117. The molecule has 86 valence electrons. The van der Waals surface area contributed by atoms with E-state index >= 15 is 0 Å². The molecule has 0 saturated carbocycles. The molecule has 0 spiro atoms. The minimum atomic E-state index is -1.25. The Labute approximate surface area is 98.2 Å². The first-order chi connectivity index (χ1) is 7.39. The molecule has 0 radical (unpaired) electrons. The van der Waals surface area contributed by atoms with Gasteiger partial charge in [0.2, 0.25) is 5.91 Å². The smallest absolute Gasteiger partial charge is 0.221 e. The predicted molar refractivity (Wildman–Crippen MR) is 72.3 cm³/mol. The van der Waals surface area contributed by atoms with E-state index in [0.29, 0.717) is 6.42 Å². The van der Waals surface area contributed by atoms with Crippen LogP contribution >= 0.6 is 0 Å². The molecule has 0 saturated heterocycles. The second-order valence-corrected chi connectivity index (χ2v) is 10.0. The molecule has 16 heavy (non-hydrogen) atoms. The lowest BCUT2D eigenvalue weighted by Gasteiger charge is -2.16. The predicted octanol–water partition coefficient (Wildman–Crippen LogP) is 2.12. The minimum Gasteiger partial charge on any atom is -0.369 e. The zero-order chi connectivity index (χ0) is 12.2. The van der Waals surface area contributed by atoms with Gasteiger partial charge in [0.1, 0.15) is 0 Å². The van der Waals surface area contributed by atoms with Crippen LogP contribution in [0.25, 0.3) is 6.08 Å². The van der Waals surface area contributed by atoms with Gasteiger partial charge in [-0.05, 0) is 5.56 Å². The van der Waals surface area contributed by atoms with Gasteiger partial charge in [-0.1, -0.05) is 61.2 Å². The van der Waals surface area contributed by atoms with Crippen LogP contribution in [0, 0.1) is 0 Å². The quantitative estimate of drug-likeness (QED) is 0.795. The fraction of sp³-hybridized carbons (Fsp3) is 0.308. The van der Waals surface area contributed by atoms with Crippen LogP contribution in [0.3, 0.4) is 0 Å². The zero-order valence-electron chi connectivity index (χ0n) is 10.2. The maximum atomic E-state index is 10.6. The molecule has 1 rings (SSSR count). The molecule has 0 fully saturated rings. The Kier molecular flexibility index (Phi) is 4.07. The molecule has 2 N–H and O–H groups in total. The van der Waals surface area contributed by atoms with Crippen molar-refractivity contribution in [1.82, 2.24) is 0 Å². The lowest BCUT2D eigenvalue weighted by Crippen LogP contribution is -2.37. The van der Waals surface area contributed by atoms with E-state index in [1.54, 1.807) is 0 Å². The normalized spacial score (nSPS) is 11.9. The highest BCUT2D eigenvalue weighted by molar-refractivity contribution is 6.88. The number of carbonyl (C=O) groups excluding carboxylic acids is 1. The van der Waals surface area contributed by atoms with Crippen LogP contribution in [0.4, 0.5) is 0 Å². The molecule has 0 bridgehead atoms. The van der Waals surface area contributed by atoms with Crippen LogP contribution in [0.15, 0.2) is 30.3 Å². The van der Waals surface area contributed by atoms with Crippen molar-refractivity contribution in [2.45, 2.75) is 26.1 Å². The number of benzene rings is 1. The van der Waals surface area contributed by atoms with Crippen LogP contribution in [-0.4, -0.2) is 14.0 Å². The summed E-state index contributed by atoms with van der Waals surface area (Å²) >= 11 is 0. The van der Waals surface area contributed by atoms with Crippen molar-refractivity contribution < 1.29 is 4.79 Å². The summed E-state index contributed by atoms with van der Waals surface area (Å²) in [6, 6.07) is 8.49. The monoisotopic (exact) mass is 233 g/mol. The molecule has 1 aromatic carbocycles. The summed E-state index contributed by atoms with van der Waals surface area (Å²) in [4.78, 5) is 10.6. The molecule has 0 aliphatic carbocycles. The SMILES string of the molecule is C[Si](C)(C)c1cccc(C=CCC(N)=O)c1. The van der Waals surface area contributed by atoms with Gasteiger partial charge in [-0.15, -0.1) is 0 Å². The maximum absolute atomic E-state index is 10.6. The first-order valence-electron chi connectivity index (χ1n) is 5.45. The molecule has 3 heteroatoms. The summed E-state index contributed by atoms with van der Waals surface area (Å²) in [6.07, 6.45) is 4.07. The van der Waals surface area contributed by atoms with Crippen molar-refractivity contribution in [3.63, 3.8) is 0 Å². The Hall–Kier alpha value is -1.35. The summed E-state index contributed by atoms with van der Waals surface area (Å²) in [7, 11) is -1.25. The molecule has 0 unspecified atom stereocenters. The van der Waals surface area contributed by atoms with Crippen LogP contribution in [0.2, 0.25) is 19.6 Å². The van der Waals surface area contributed by atoms with Crippen molar-refractivity contribution in [3.8, 4) is 0 Å². The van der Waals surface area contributed by atoms with Crippen LogP contribution in [0.1, 0.15) is 12.0 Å². The van der Waals surface area contributed by atoms with Crippen molar-refractivity contribution in [1.29, 1.82) is 0 Å². The third-order valence-corrected chi connectivity index (χ3v) is 4.43. The molecular formula is C13H19NOSi. The molecule has 1 aromatic rings. The highest BCUT2D eigenvalue weighted by Gasteiger charge is 2.15. The summed E-state index contributed by atoms with van der Waals surface area (Å²) < 4.78 is 0. The van der Waals surface area contributed by atoms with Crippen LogP contribution in [-0.2, 0) is 4.79 Å². The van der Waals surface area contributed by atoms with Gasteiger partial charge in [-0.25, -0.2) is 0 Å². The van der Waals surface area contributed by atoms with Crippen LogP contribution in [0.5, 0.6) is 0 Å². The van der Waals surface area contributed by atoms with E-state index in [1.165, 1.54) is 5.19 Å². The van der Waals surface area contributed by atoms with Gasteiger partial charge >= 0.3 is 0 Å². The van der Waals surface area contributed by atoms with E-state index in [1.807, 2.05) is 18.2 Å². The molecule has 0 aliphatic rings. The summed E-state index contributed by atoms with van der Waals surface area (Å²) in [5.74, 6) is -0.294. The van der Waals surface area contributed by atoms with Gasteiger partial charge in [0.25, 0.3) is 0 Å². The average molecular weight is 233 g/mol. The number of hydrogen-bond acceptors (Lipinski definition) is 1. The van der Waals surface area contributed by atoms with E-state index in [4.69, 9.17) is 5.73 Å². The average Bonchev–Trinajstić information content (AvgIpc) is 2.16. The largest absolute Gasteiger partial charge is 0.369 e. The molecule has 0 aliphatic heterocycles. The maximum Gasteiger partial charge on any atom is 0.221 e. The molecule has 0 atom stereocenters. The third kappa shape index (κ3) is 4.02. The van der Waals surface area contributed by atoms with Gasteiger partial charge in [0, 0.05) is 6.42 Å². The Morgan fingerprint density at radius 3 is 2.62 bits per heavy atom. The Bertz CT molecular complexity index is 405. The second kappa shape index (κ2) is 5.12. The first kappa shape index (κ1) is 12.7. The van der Waals surface area contributed by atoms with E-state index in [2.05, 4.69) is 37.8 Å². The number of rotatable bonds is 4. The number of amides is 1. The summed E-state index contributed by atoms with van der Waals surface area (Å²) in [5.41, 5.74) is 6.21. The van der Waals surface area contributed by atoms with Crippen molar-refractivity contribution in [2.75, 3.05) is 0 Å². The fourth-order valence-corrected chi connectivity index (χ4v) is 2.62. The second-order valence-electron chi connectivity index (χ2n) is 4.95. The molecular weight excluding hydrogens is 214 g/mol. The number of nitrogens with two attached hydrogens (primary N) is 1. The summed E-state index contributed by atoms with van der Waals surface area (Å²) in [6.45, 7) is 6.96. The van der Waals surface area contributed by atoms with E-state index in [0.717, 1.165) is 5.56 Å². The highest BCUT2D eigenvalue weighted by Crippen LogP contribution is 2.06. The Morgan fingerprint density at radius 1 is 1.38 bits per heavy atom. The molecule has 1 amide bonds. The number of hydrogen-bond donors (Lipinski definition) is 1. The van der Waals surface area contributed by atoms with Gasteiger partial charge < -0.3 is 5.73 Å². The number of carbonyl (C=O) groups is 1. The topological polar surface area (TPSA) is 43.1 Å². The van der Waals surface area contributed by atoms with Crippen molar-refractivity contribution in [3.05, 3.63) is 35.9 Å². The van der Waals surface area contributed by atoms with Crippen molar-refractivity contribution in [2.24, 2.45) is 5.73 Å². The molecule has 0 aromatic heterocycles.